The van der Waals surface area contributed by atoms with Crippen molar-refractivity contribution in [2.45, 2.75) is 44.7 Å². The first-order valence-corrected chi connectivity index (χ1v) is 6.60. The van der Waals surface area contributed by atoms with Crippen LogP contribution in [0.15, 0.2) is 24.5 Å². The minimum Gasteiger partial charge on any atom is -0.396 e. The van der Waals surface area contributed by atoms with E-state index >= 15 is 0 Å². The van der Waals surface area contributed by atoms with Gasteiger partial charge in [-0.05, 0) is 43.4 Å². The van der Waals surface area contributed by atoms with Gasteiger partial charge in [0.15, 0.2) is 0 Å². The molecule has 2 rings (SSSR count). The van der Waals surface area contributed by atoms with Crippen LogP contribution < -0.4 is 0 Å². The lowest BCUT2D eigenvalue weighted by Gasteiger charge is -2.22. The molecular formula is C14H20N2O2. The van der Waals surface area contributed by atoms with Crippen LogP contribution in [0.25, 0.3) is 0 Å². The van der Waals surface area contributed by atoms with Crippen LogP contribution in [0.2, 0.25) is 0 Å². The number of carbonyl (C=O) groups is 1. The van der Waals surface area contributed by atoms with Crippen LogP contribution in [-0.4, -0.2) is 33.5 Å². The Bertz CT molecular complexity index is 377. The zero-order valence-corrected chi connectivity index (χ0v) is 10.6. The van der Waals surface area contributed by atoms with E-state index in [1.54, 1.807) is 12.4 Å². The van der Waals surface area contributed by atoms with Gasteiger partial charge >= 0.3 is 0 Å². The maximum atomic E-state index is 12.1. The Hall–Kier alpha value is -1.42. The first-order valence-electron chi connectivity index (χ1n) is 6.60. The van der Waals surface area contributed by atoms with Crippen molar-refractivity contribution in [3.63, 3.8) is 0 Å². The molecule has 0 radical (unpaired) electrons. The van der Waals surface area contributed by atoms with Gasteiger partial charge in [0, 0.05) is 38.0 Å². The molecule has 0 saturated heterocycles. The van der Waals surface area contributed by atoms with Crippen LogP contribution in [0, 0.1) is 0 Å². The monoisotopic (exact) mass is 248 g/mol. The summed E-state index contributed by atoms with van der Waals surface area (Å²) in [4.78, 5) is 18.1. The molecule has 0 unspecified atom stereocenters. The lowest BCUT2D eigenvalue weighted by atomic mass is 10.2. The van der Waals surface area contributed by atoms with Crippen molar-refractivity contribution >= 4 is 5.91 Å². The highest BCUT2D eigenvalue weighted by Gasteiger charge is 2.31. The summed E-state index contributed by atoms with van der Waals surface area (Å²) in [7, 11) is 0. The zero-order chi connectivity index (χ0) is 12.8. The van der Waals surface area contributed by atoms with Crippen molar-refractivity contribution in [1.29, 1.82) is 0 Å². The summed E-state index contributed by atoms with van der Waals surface area (Å²) in [6.45, 7) is 0.853. The summed E-state index contributed by atoms with van der Waals surface area (Å²) in [6, 6.07) is 4.34. The molecule has 0 aromatic carbocycles. The lowest BCUT2D eigenvalue weighted by molar-refractivity contribution is -0.132. The molecule has 18 heavy (non-hydrogen) atoms. The summed E-state index contributed by atoms with van der Waals surface area (Å²) in [5.41, 5.74) is 1.13. The minimum absolute atomic E-state index is 0.168. The molecule has 1 N–H and O–H groups in total. The molecule has 1 saturated carbocycles. The fourth-order valence-corrected chi connectivity index (χ4v) is 2.02. The van der Waals surface area contributed by atoms with Gasteiger partial charge in [-0.3, -0.25) is 9.78 Å². The first-order chi connectivity index (χ1) is 8.81. The van der Waals surface area contributed by atoms with E-state index in [1.165, 1.54) is 0 Å². The van der Waals surface area contributed by atoms with Crippen LogP contribution in [0.5, 0.6) is 0 Å². The molecule has 1 aliphatic carbocycles. The van der Waals surface area contributed by atoms with Gasteiger partial charge in [0.05, 0.1) is 0 Å². The van der Waals surface area contributed by atoms with E-state index in [4.69, 9.17) is 5.11 Å². The molecule has 1 heterocycles. The summed E-state index contributed by atoms with van der Waals surface area (Å²) in [5, 5.41) is 8.74. The second-order valence-electron chi connectivity index (χ2n) is 4.79. The van der Waals surface area contributed by atoms with Gasteiger partial charge in [-0.1, -0.05) is 0 Å². The summed E-state index contributed by atoms with van der Waals surface area (Å²) >= 11 is 0. The highest BCUT2D eigenvalue weighted by molar-refractivity contribution is 5.76. The van der Waals surface area contributed by atoms with E-state index in [0.29, 0.717) is 25.4 Å². The topological polar surface area (TPSA) is 53.4 Å². The maximum absolute atomic E-state index is 12.1. The number of unbranched alkanes of at least 4 members (excludes halogenated alkanes) is 1. The third kappa shape index (κ3) is 3.81. The van der Waals surface area contributed by atoms with Crippen molar-refractivity contribution in [3.8, 4) is 0 Å². The van der Waals surface area contributed by atoms with Crippen LogP contribution in [0.4, 0.5) is 0 Å². The molecule has 1 aromatic rings. The van der Waals surface area contributed by atoms with Crippen LogP contribution in [0.3, 0.4) is 0 Å². The Morgan fingerprint density at radius 3 is 2.67 bits per heavy atom. The predicted molar refractivity (Wildman–Crippen MR) is 68.7 cm³/mol. The molecule has 4 heteroatoms. The van der Waals surface area contributed by atoms with Crippen molar-refractivity contribution in [2.75, 3.05) is 6.61 Å². The van der Waals surface area contributed by atoms with E-state index < -0.39 is 0 Å². The van der Waals surface area contributed by atoms with Gasteiger partial charge in [-0.2, -0.15) is 0 Å². The van der Waals surface area contributed by atoms with Crippen molar-refractivity contribution in [1.82, 2.24) is 9.88 Å². The Balaban J connectivity index is 1.89. The number of nitrogens with zero attached hydrogens (tertiary/aromatic N) is 2. The van der Waals surface area contributed by atoms with Gasteiger partial charge in [0.2, 0.25) is 5.91 Å². The van der Waals surface area contributed by atoms with Gasteiger partial charge in [0.25, 0.3) is 0 Å². The Morgan fingerprint density at radius 1 is 1.33 bits per heavy atom. The first kappa shape index (κ1) is 13.0. The molecule has 1 aliphatic rings. The molecular weight excluding hydrogens is 228 g/mol. The zero-order valence-electron chi connectivity index (χ0n) is 10.6. The van der Waals surface area contributed by atoms with Crippen LogP contribution in [0.1, 0.15) is 37.7 Å². The van der Waals surface area contributed by atoms with E-state index in [9.17, 15) is 4.79 Å². The molecule has 1 amide bonds. The Morgan fingerprint density at radius 2 is 2.06 bits per heavy atom. The van der Waals surface area contributed by atoms with Crippen LogP contribution in [-0.2, 0) is 11.3 Å². The third-order valence-corrected chi connectivity index (χ3v) is 3.21. The molecule has 4 nitrogen and oxygen atoms in total. The number of aliphatic hydroxyl groups excluding tert-OH is 1. The third-order valence-electron chi connectivity index (χ3n) is 3.21. The summed E-state index contributed by atoms with van der Waals surface area (Å²) in [6.07, 6.45) is 7.79. The second kappa shape index (κ2) is 6.50. The quantitative estimate of drug-likeness (QED) is 0.748. The molecule has 1 aromatic heterocycles. The van der Waals surface area contributed by atoms with Crippen LogP contribution >= 0.6 is 0 Å². The van der Waals surface area contributed by atoms with E-state index in [-0.39, 0.29) is 12.5 Å². The number of aromatic nitrogens is 1. The molecule has 0 spiro atoms. The maximum Gasteiger partial charge on any atom is 0.223 e. The Kier molecular flexibility index (Phi) is 4.70. The number of rotatable bonds is 7. The fraction of sp³-hybridized carbons (Fsp3) is 0.571. The van der Waals surface area contributed by atoms with Gasteiger partial charge < -0.3 is 10.0 Å². The van der Waals surface area contributed by atoms with E-state index in [0.717, 1.165) is 24.8 Å². The highest BCUT2D eigenvalue weighted by atomic mass is 16.3. The van der Waals surface area contributed by atoms with Crippen molar-refractivity contribution in [3.05, 3.63) is 30.1 Å². The normalized spacial score (nSPS) is 14.5. The number of aliphatic hydroxyl groups is 1. The Labute approximate surface area is 108 Å². The van der Waals surface area contributed by atoms with Gasteiger partial charge in [0.1, 0.15) is 0 Å². The number of carbonyl (C=O) groups excluding carboxylic acids is 1. The van der Waals surface area contributed by atoms with E-state index in [2.05, 4.69) is 4.98 Å². The van der Waals surface area contributed by atoms with Crippen molar-refractivity contribution < 1.29 is 9.90 Å². The summed E-state index contributed by atoms with van der Waals surface area (Å²) in [5.74, 6) is 0.211. The van der Waals surface area contributed by atoms with Crippen molar-refractivity contribution in [2.24, 2.45) is 0 Å². The van der Waals surface area contributed by atoms with Gasteiger partial charge in [-0.25, -0.2) is 0 Å². The molecule has 98 valence electrons. The summed E-state index contributed by atoms with van der Waals surface area (Å²) < 4.78 is 0. The number of amides is 1. The molecule has 0 aliphatic heterocycles. The highest BCUT2D eigenvalue weighted by Crippen LogP contribution is 2.29. The largest absolute Gasteiger partial charge is 0.396 e. The number of hydrogen-bond acceptors (Lipinski definition) is 3. The standard InChI is InChI=1S/C14H20N2O2/c17-10-2-1-3-14(18)16(13-4-5-13)11-12-6-8-15-9-7-12/h6-9,13,17H,1-5,10-11H2. The SMILES string of the molecule is O=C(CCCCO)N(Cc1ccncc1)C1CC1. The average molecular weight is 248 g/mol. The number of hydrogen-bond donors (Lipinski definition) is 1. The fourth-order valence-electron chi connectivity index (χ4n) is 2.02. The predicted octanol–water partition coefficient (Wildman–Crippen LogP) is 1.74. The lowest BCUT2D eigenvalue weighted by Crippen LogP contribution is -2.32. The van der Waals surface area contributed by atoms with E-state index in [1.807, 2.05) is 17.0 Å². The van der Waals surface area contributed by atoms with Gasteiger partial charge in [-0.15, -0.1) is 0 Å². The number of pyridine rings is 1. The second-order valence-corrected chi connectivity index (χ2v) is 4.79. The molecule has 1 fully saturated rings. The smallest absolute Gasteiger partial charge is 0.223 e. The minimum atomic E-state index is 0.168. The molecule has 0 bridgehead atoms. The average Bonchev–Trinajstić information content (AvgIpc) is 3.21. The molecule has 0 atom stereocenters.